The molecule has 1 aliphatic carbocycles. The van der Waals surface area contributed by atoms with Gasteiger partial charge < -0.3 is 14.8 Å². The monoisotopic (exact) mass is 247 g/mol. The second-order valence-electron chi connectivity index (χ2n) is 5.18. The minimum Gasteiger partial charge on any atom is -0.377 e. The number of hydrogen-bond acceptors (Lipinski definition) is 3. The lowest BCUT2D eigenvalue weighted by Crippen LogP contribution is -2.46. The van der Waals surface area contributed by atoms with Crippen molar-refractivity contribution in [1.82, 2.24) is 5.32 Å². The van der Waals surface area contributed by atoms with Crippen molar-refractivity contribution in [2.24, 2.45) is 0 Å². The third kappa shape index (κ3) is 2.44. The Morgan fingerprint density at radius 3 is 2.61 bits per heavy atom. The number of hydrogen-bond donors (Lipinski definition) is 1. The van der Waals surface area contributed by atoms with Crippen LogP contribution >= 0.6 is 0 Å². The number of nitrogens with one attached hydrogen (secondary N) is 1. The van der Waals surface area contributed by atoms with E-state index in [1.165, 1.54) is 11.1 Å². The maximum Gasteiger partial charge on any atom is 0.0983 e. The highest BCUT2D eigenvalue weighted by molar-refractivity contribution is 5.33. The number of benzene rings is 1. The lowest BCUT2D eigenvalue weighted by molar-refractivity contribution is 0.0399. The summed E-state index contributed by atoms with van der Waals surface area (Å²) < 4.78 is 11.2. The molecule has 1 saturated heterocycles. The molecule has 3 rings (SSSR count). The van der Waals surface area contributed by atoms with Crippen LogP contribution in [-0.2, 0) is 22.3 Å². The van der Waals surface area contributed by atoms with E-state index in [0.717, 1.165) is 32.7 Å². The van der Waals surface area contributed by atoms with E-state index in [1.54, 1.807) is 0 Å². The quantitative estimate of drug-likeness (QED) is 0.875. The molecule has 3 heteroatoms. The number of fused-ring (bicyclic) bond motifs is 1. The van der Waals surface area contributed by atoms with Gasteiger partial charge in [0.2, 0.25) is 0 Å². The third-order valence-corrected chi connectivity index (χ3v) is 3.91. The van der Waals surface area contributed by atoms with E-state index in [9.17, 15) is 0 Å². The topological polar surface area (TPSA) is 30.5 Å². The predicted octanol–water partition coefficient (Wildman–Crippen LogP) is 1.55. The van der Waals surface area contributed by atoms with E-state index in [2.05, 4.69) is 29.6 Å². The van der Waals surface area contributed by atoms with Crippen LogP contribution in [0.5, 0.6) is 0 Å². The van der Waals surface area contributed by atoms with Crippen molar-refractivity contribution in [2.75, 3.05) is 19.8 Å². The van der Waals surface area contributed by atoms with Crippen molar-refractivity contribution < 1.29 is 9.47 Å². The standard InChI is InChI=1S/C15H21NO2/c1-2-18-15-10-17-9-14(15)16-13-7-11-5-3-4-6-12(11)8-13/h3-6,13-16H,2,7-10H2,1H3/t14-,15-/m1/s1. The predicted molar refractivity (Wildman–Crippen MR) is 70.8 cm³/mol. The summed E-state index contributed by atoms with van der Waals surface area (Å²) in [4.78, 5) is 0. The minimum absolute atomic E-state index is 0.221. The Labute approximate surface area is 108 Å². The fourth-order valence-corrected chi connectivity index (χ4v) is 3.05. The Hall–Kier alpha value is -0.900. The van der Waals surface area contributed by atoms with Gasteiger partial charge in [-0.05, 0) is 30.9 Å². The normalized spacial score (nSPS) is 27.6. The van der Waals surface area contributed by atoms with Crippen molar-refractivity contribution in [2.45, 2.75) is 38.0 Å². The molecule has 18 heavy (non-hydrogen) atoms. The molecule has 1 aliphatic heterocycles. The summed E-state index contributed by atoms with van der Waals surface area (Å²) in [7, 11) is 0. The summed E-state index contributed by atoms with van der Waals surface area (Å²) in [6, 6.07) is 9.62. The maximum absolute atomic E-state index is 5.72. The molecular formula is C15H21NO2. The number of rotatable bonds is 4. The molecule has 1 fully saturated rings. The average molecular weight is 247 g/mol. The van der Waals surface area contributed by atoms with Gasteiger partial charge in [-0.2, -0.15) is 0 Å². The molecule has 2 atom stereocenters. The summed E-state index contributed by atoms with van der Waals surface area (Å²) in [6.45, 7) is 4.31. The zero-order valence-corrected chi connectivity index (χ0v) is 10.9. The zero-order valence-electron chi connectivity index (χ0n) is 10.9. The molecule has 0 unspecified atom stereocenters. The molecule has 2 aliphatic rings. The Kier molecular flexibility index (Phi) is 3.64. The van der Waals surface area contributed by atoms with Gasteiger partial charge in [-0.15, -0.1) is 0 Å². The van der Waals surface area contributed by atoms with Crippen LogP contribution < -0.4 is 5.32 Å². The van der Waals surface area contributed by atoms with Crippen LogP contribution in [0.2, 0.25) is 0 Å². The van der Waals surface area contributed by atoms with Gasteiger partial charge in [0.25, 0.3) is 0 Å². The average Bonchev–Trinajstić information content (AvgIpc) is 2.97. The van der Waals surface area contributed by atoms with E-state index in [4.69, 9.17) is 9.47 Å². The van der Waals surface area contributed by atoms with E-state index in [1.807, 2.05) is 6.92 Å². The van der Waals surface area contributed by atoms with Crippen molar-refractivity contribution in [1.29, 1.82) is 0 Å². The molecule has 0 aromatic heterocycles. The molecule has 98 valence electrons. The summed E-state index contributed by atoms with van der Waals surface area (Å²) in [5, 5.41) is 3.71. The second-order valence-corrected chi connectivity index (χ2v) is 5.18. The van der Waals surface area contributed by atoms with Gasteiger partial charge in [-0.1, -0.05) is 24.3 Å². The van der Waals surface area contributed by atoms with Gasteiger partial charge in [0, 0.05) is 12.6 Å². The SMILES string of the molecule is CCO[C@@H]1COC[C@H]1NC1Cc2ccccc2C1. The Morgan fingerprint density at radius 2 is 1.94 bits per heavy atom. The van der Waals surface area contributed by atoms with Crippen LogP contribution in [-0.4, -0.2) is 38.0 Å². The largest absolute Gasteiger partial charge is 0.377 e. The van der Waals surface area contributed by atoms with Gasteiger partial charge in [0.15, 0.2) is 0 Å². The van der Waals surface area contributed by atoms with E-state index in [0.29, 0.717) is 12.1 Å². The van der Waals surface area contributed by atoms with Gasteiger partial charge >= 0.3 is 0 Å². The molecule has 0 bridgehead atoms. The highest BCUT2D eigenvalue weighted by Gasteiger charge is 2.32. The van der Waals surface area contributed by atoms with Crippen molar-refractivity contribution in [3.8, 4) is 0 Å². The van der Waals surface area contributed by atoms with Crippen molar-refractivity contribution >= 4 is 0 Å². The van der Waals surface area contributed by atoms with E-state index >= 15 is 0 Å². The van der Waals surface area contributed by atoms with Gasteiger partial charge in [0.1, 0.15) is 0 Å². The van der Waals surface area contributed by atoms with E-state index < -0.39 is 0 Å². The van der Waals surface area contributed by atoms with Crippen LogP contribution in [0, 0.1) is 0 Å². The third-order valence-electron chi connectivity index (χ3n) is 3.91. The molecule has 1 aromatic carbocycles. The summed E-state index contributed by atoms with van der Waals surface area (Å²) in [5.41, 5.74) is 2.98. The summed E-state index contributed by atoms with van der Waals surface area (Å²) in [5.74, 6) is 0. The molecule has 0 saturated carbocycles. The Bertz CT molecular complexity index is 382. The summed E-state index contributed by atoms with van der Waals surface area (Å²) >= 11 is 0. The maximum atomic E-state index is 5.72. The first-order valence-corrected chi connectivity index (χ1v) is 6.89. The minimum atomic E-state index is 0.221. The molecule has 3 nitrogen and oxygen atoms in total. The molecule has 0 spiro atoms. The molecule has 0 amide bonds. The van der Waals surface area contributed by atoms with Crippen molar-refractivity contribution in [3.63, 3.8) is 0 Å². The van der Waals surface area contributed by atoms with Crippen molar-refractivity contribution in [3.05, 3.63) is 35.4 Å². The van der Waals surface area contributed by atoms with Crippen LogP contribution in [0.15, 0.2) is 24.3 Å². The first kappa shape index (κ1) is 12.2. The molecule has 1 heterocycles. The first-order chi connectivity index (χ1) is 8.86. The fraction of sp³-hybridized carbons (Fsp3) is 0.600. The first-order valence-electron chi connectivity index (χ1n) is 6.89. The Balaban J connectivity index is 1.59. The van der Waals surface area contributed by atoms with Gasteiger partial charge in [-0.3, -0.25) is 0 Å². The lowest BCUT2D eigenvalue weighted by Gasteiger charge is -2.22. The van der Waals surface area contributed by atoms with E-state index in [-0.39, 0.29) is 6.10 Å². The smallest absolute Gasteiger partial charge is 0.0983 e. The molecule has 0 radical (unpaired) electrons. The zero-order chi connectivity index (χ0) is 12.4. The van der Waals surface area contributed by atoms with Gasteiger partial charge in [-0.25, -0.2) is 0 Å². The number of ether oxygens (including phenoxy) is 2. The highest BCUT2D eigenvalue weighted by Crippen LogP contribution is 2.23. The van der Waals surface area contributed by atoms with Crippen LogP contribution in [0.4, 0.5) is 0 Å². The molecule has 1 aromatic rings. The van der Waals surface area contributed by atoms with Gasteiger partial charge in [0.05, 0.1) is 25.4 Å². The summed E-state index contributed by atoms with van der Waals surface area (Å²) in [6.07, 6.45) is 2.48. The second kappa shape index (κ2) is 5.39. The lowest BCUT2D eigenvalue weighted by atomic mass is 10.1. The highest BCUT2D eigenvalue weighted by atomic mass is 16.5. The van der Waals surface area contributed by atoms with Crippen LogP contribution in [0.25, 0.3) is 0 Å². The molecule has 1 N–H and O–H groups in total. The molecular weight excluding hydrogens is 226 g/mol. The fourth-order valence-electron chi connectivity index (χ4n) is 3.05. The van der Waals surface area contributed by atoms with Crippen LogP contribution in [0.1, 0.15) is 18.1 Å². The Morgan fingerprint density at radius 1 is 1.22 bits per heavy atom. The van der Waals surface area contributed by atoms with Crippen LogP contribution in [0.3, 0.4) is 0 Å².